The van der Waals surface area contributed by atoms with E-state index in [9.17, 15) is 0 Å². The average Bonchev–Trinajstić information content (AvgIpc) is 2.32. The topological polar surface area (TPSA) is 16.1 Å². The fraction of sp³-hybridized carbons (Fsp3) is 0.533. The quantitative estimate of drug-likeness (QED) is 0.686. The molecule has 0 aliphatic carbocycles. The van der Waals surface area contributed by atoms with Crippen molar-refractivity contribution in [1.29, 1.82) is 0 Å². The zero-order chi connectivity index (χ0) is 12.1. The minimum Gasteiger partial charge on any atom is -0.292 e. The predicted octanol–water partition coefficient (Wildman–Crippen LogP) is 2.47. The SMILES string of the molecule is Cc1ccc(C#CCN2CCC[C@H](C)C2)nc1. The van der Waals surface area contributed by atoms with Crippen molar-refractivity contribution in [1.82, 2.24) is 9.88 Å². The van der Waals surface area contributed by atoms with Crippen molar-refractivity contribution < 1.29 is 0 Å². The molecule has 17 heavy (non-hydrogen) atoms. The van der Waals surface area contributed by atoms with Crippen molar-refractivity contribution in [3.05, 3.63) is 29.6 Å². The van der Waals surface area contributed by atoms with Crippen LogP contribution in [0.25, 0.3) is 0 Å². The molecule has 2 heterocycles. The molecule has 2 heteroatoms. The number of nitrogens with zero attached hydrogens (tertiary/aromatic N) is 2. The molecule has 90 valence electrons. The summed E-state index contributed by atoms with van der Waals surface area (Å²) in [5.41, 5.74) is 2.06. The molecule has 0 N–H and O–H groups in total. The molecule has 1 fully saturated rings. The van der Waals surface area contributed by atoms with E-state index in [1.54, 1.807) is 0 Å². The van der Waals surface area contributed by atoms with E-state index in [2.05, 4.69) is 34.7 Å². The second kappa shape index (κ2) is 5.84. The highest BCUT2D eigenvalue weighted by atomic mass is 15.1. The van der Waals surface area contributed by atoms with Crippen LogP contribution in [0, 0.1) is 24.7 Å². The number of hydrogen-bond donors (Lipinski definition) is 0. The van der Waals surface area contributed by atoms with Gasteiger partial charge in [-0.1, -0.05) is 18.9 Å². The van der Waals surface area contributed by atoms with Crippen molar-refractivity contribution >= 4 is 0 Å². The van der Waals surface area contributed by atoms with Gasteiger partial charge in [-0.15, -0.1) is 0 Å². The van der Waals surface area contributed by atoms with Crippen molar-refractivity contribution in [3.63, 3.8) is 0 Å². The van der Waals surface area contributed by atoms with E-state index in [0.717, 1.165) is 18.2 Å². The Balaban J connectivity index is 1.87. The van der Waals surface area contributed by atoms with Crippen LogP contribution < -0.4 is 0 Å². The lowest BCUT2D eigenvalue weighted by Gasteiger charge is -2.28. The predicted molar refractivity (Wildman–Crippen MR) is 70.7 cm³/mol. The smallest absolute Gasteiger partial charge is 0.113 e. The molecule has 0 radical (unpaired) electrons. The van der Waals surface area contributed by atoms with Gasteiger partial charge in [-0.05, 0) is 49.8 Å². The summed E-state index contributed by atoms with van der Waals surface area (Å²) in [5.74, 6) is 7.18. The lowest BCUT2D eigenvalue weighted by Crippen LogP contribution is -2.34. The van der Waals surface area contributed by atoms with E-state index in [-0.39, 0.29) is 0 Å². The number of hydrogen-bond acceptors (Lipinski definition) is 2. The van der Waals surface area contributed by atoms with E-state index in [1.807, 2.05) is 19.2 Å². The zero-order valence-electron chi connectivity index (χ0n) is 10.7. The first-order valence-electron chi connectivity index (χ1n) is 6.38. The first-order valence-corrected chi connectivity index (χ1v) is 6.38. The number of aryl methyl sites for hydroxylation is 1. The monoisotopic (exact) mass is 228 g/mol. The maximum Gasteiger partial charge on any atom is 0.113 e. The van der Waals surface area contributed by atoms with Crippen molar-refractivity contribution in [2.45, 2.75) is 26.7 Å². The summed E-state index contributed by atoms with van der Waals surface area (Å²) in [7, 11) is 0. The summed E-state index contributed by atoms with van der Waals surface area (Å²) in [5, 5.41) is 0. The van der Waals surface area contributed by atoms with Crippen LogP contribution in [0.15, 0.2) is 18.3 Å². The molecule has 1 aromatic heterocycles. The average molecular weight is 228 g/mol. The van der Waals surface area contributed by atoms with Crippen LogP contribution >= 0.6 is 0 Å². The van der Waals surface area contributed by atoms with Gasteiger partial charge in [0.25, 0.3) is 0 Å². The second-order valence-electron chi connectivity index (χ2n) is 5.01. The molecule has 0 spiro atoms. The Bertz CT molecular complexity index is 411. The van der Waals surface area contributed by atoms with Gasteiger partial charge in [0.2, 0.25) is 0 Å². The van der Waals surface area contributed by atoms with Gasteiger partial charge in [0.05, 0.1) is 6.54 Å². The molecule has 2 rings (SSSR count). The Morgan fingerprint density at radius 1 is 1.47 bits per heavy atom. The molecule has 1 aromatic rings. The number of likely N-dealkylation sites (tertiary alicyclic amines) is 1. The summed E-state index contributed by atoms with van der Waals surface area (Å²) in [6.45, 7) is 7.62. The Kier molecular flexibility index (Phi) is 4.17. The molecule has 1 aliphatic heterocycles. The summed E-state index contributed by atoms with van der Waals surface area (Å²) < 4.78 is 0. The van der Waals surface area contributed by atoms with Crippen molar-refractivity contribution in [2.24, 2.45) is 5.92 Å². The minimum atomic E-state index is 0.822. The van der Waals surface area contributed by atoms with E-state index in [0.29, 0.717) is 0 Å². The zero-order valence-corrected chi connectivity index (χ0v) is 10.7. The third-order valence-corrected chi connectivity index (χ3v) is 3.17. The lowest BCUT2D eigenvalue weighted by molar-refractivity contribution is 0.204. The van der Waals surface area contributed by atoms with E-state index in [1.165, 1.54) is 31.5 Å². The third kappa shape index (κ3) is 3.87. The molecule has 2 nitrogen and oxygen atoms in total. The molecular formula is C15H20N2. The highest BCUT2D eigenvalue weighted by Crippen LogP contribution is 2.14. The fourth-order valence-electron chi connectivity index (χ4n) is 2.21. The maximum atomic E-state index is 4.28. The molecule has 1 atom stereocenters. The van der Waals surface area contributed by atoms with Crippen LogP contribution in [-0.2, 0) is 0 Å². The highest BCUT2D eigenvalue weighted by Gasteiger charge is 2.14. The van der Waals surface area contributed by atoms with Gasteiger partial charge in [0, 0.05) is 12.7 Å². The number of rotatable bonds is 1. The molecule has 0 aromatic carbocycles. The summed E-state index contributed by atoms with van der Waals surface area (Å²) in [6, 6.07) is 4.04. The van der Waals surface area contributed by atoms with Gasteiger partial charge in [0.15, 0.2) is 0 Å². The molecule has 1 aliphatic rings. The Labute approximate surface area is 104 Å². The van der Waals surface area contributed by atoms with Gasteiger partial charge in [-0.25, -0.2) is 4.98 Å². The Morgan fingerprint density at radius 2 is 2.35 bits per heavy atom. The summed E-state index contributed by atoms with van der Waals surface area (Å²) >= 11 is 0. The highest BCUT2D eigenvalue weighted by molar-refractivity contribution is 5.28. The number of piperidine rings is 1. The molecule has 0 unspecified atom stereocenters. The molecule has 1 saturated heterocycles. The van der Waals surface area contributed by atoms with Crippen molar-refractivity contribution in [3.8, 4) is 11.8 Å². The van der Waals surface area contributed by atoms with Crippen LogP contribution in [0.4, 0.5) is 0 Å². The number of pyridine rings is 1. The van der Waals surface area contributed by atoms with Crippen LogP contribution in [0.2, 0.25) is 0 Å². The Morgan fingerprint density at radius 3 is 3.06 bits per heavy atom. The maximum absolute atomic E-state index is 4.28. The van der Waals surface area contributed by atoms with Crippen LogP contribution in [-0.4, -0.2) is 29.5 Å². The third-order valence-electron chi connectivity index (χ3n) is 3.17. The molecule has 0 amide bonds. The second-order valence-corrected chi connectivity index (χ2v) is 5.01. The van der Waals surface area contributed by atoms with Gasteiger partial charge in [-0.2, -0.15) is 0 Å². The van der Waals surface area contributed by atoms with E-state index >= 15 is 0 Å². The molecule has 0 saturated carbocycles. The molecule has 0 bridgehead atoms. The minimum absolute atomic E-state index is 0.822. The summed E-state index contributed by atoms with van der Waals surface area (Å²) in [6.07, 6.45) is 4.54. The van der Waals surface area contributed by atoms with Gasteiger partial charge >= 0.3 is 0 Å². The van der Waals surface area contributed by atoms with Gasteiger partial charge in [-0.3, -0.25) is 4.90 Å². The van der Waals surface area contributed by atoms with Gasteiger partial charge in [0.1, 0.15) is 5.69 Å². The van der Waals surface area contributed by atoms with Crippen molar-refractivity contribution in [2.75, 3.05) is 19.6 Å². The largest absolute Gasteiger partial charge is 0.292 e. The first-order chi connectivity index (χ1) is 8.24. The normalized spacial score (nSPS) is 20.7. The number of aromatic nitrogens is 1. The first kappa shape index (κ1) is 12.1. The van der Waals surface area contributed by atoms with E-state index < -0.39 is 0 Å². The van der Waals surface area contributed by atoms with Gasteiger partial charge < -0.3 is 0 Å². The fourth-order valence-corrected chi connectivity index (χ4v) is 2.21. The van der Waals surface area contributed by atoms with Crippen LogP contribution in [0.5, 0.6) is 0 Å². The standard InChI is InChI=1S/C15H20N2/c1-13-7-8-15(16-11-13)6-4-10-17-9-3-5-14(2)12-17/h7-8,11,14H,3,5,9-10,12H2,1-2H3/t14-/m0/s1. The Hall–Kier alpha value is -1.33. The van der Waals surface area contributed by atoms with E-state index in [4.69, 9.17) is 0 Å². The summed E-state index contributed by atoms with van der Waals surface area (Å²) in [4.78, 5) is 6.72. The lowest BCUT2D eigenvalue weighted by atomic mass is 10.0. The molecular weight excluding hydrogens is 208 g/mol. The van der Waals surface area contributed by atoms with Crippen LogP contribution in [0.1, 0.15) is 31.0 Å². The van der Waals surface area contributed by atoms with Crippen LogP contribution in [0.3, 0.4) is 0 Å².